The number of Topliss-reactive ketones (excluding diaryl/α,β-unsaturated/α-hetero) is 1. The Bertz CT molecular complexity index is 1460. The van der Waals surface area contributed by atoms with Crippen molar-refractivity contribution in [3.05, 3.63) is 66.1 Å². The van der Waals surface area contributed by atoms with Crippen LogP contribution in [0.1, 0.15) is 27.6 Å². The molecule has 0 bridgehead atoms. The number of ketones is 1. The molecule has 11 heteroatoms. The van der Waals surface area contributed by atoms with Crippen molar-refractivity contribution in [3.8, 4) is 11.6 Å². The fraction of sp³-hybridized carbons (Fsp3) is 0.240. The van der Waals surface area contributed by atoms with Gasteiger partial charge in [0.1, 0.15) is 11.6 Å². The molecule has 1 fully saturated rings. The van der Waals surface area contributed by atoms with Gasteiger partial charge in [-0.1, -0.05) is 18.2 Å². The van der Waals surface area contributed by atoms with Crippen molar-refractivity contribution in [1.29, 1.82) is 0 Å². The number of piperazine rings is 1. The smallest absolute Gasteiger partial charge is 0.295 e. The van der Waals surface area contributed by atoms with E-state index in [0.29, 0.717) is 40.4 Å². The van der Waals surface area contributed by atoms with Crippen molar-refractivity contribution >= 4 is 34.3 Å². The van der Waals surface area contributed by atoms with Crippen molar-refractivity contribution in [2.45, 2.75) is 13.0 Å². The molecule has 1 aliphatic heterocycles. The average Bonchev–Trinajstić information content (AvgIpc) is 3.54. The molecule has 4 heterocycles. The number of rotatable bonds is 5. The van der Waals surface area contributed by atoms with Crippen molar-refractivity contribution < 1.29 is 19.1 Å². The van der Waals surface area contributed by atoms with Gasteiger partial charge in [-0.15, -0.1) is 0 Å². The van der Waals surface area contributed by atoms with Crippen LogP contribution in [0.15, 0.2) is 55.0 Å². The van der Waals surface area contributed by atoms with Crippen LogP contribution in [0.4, 0.5) is 5.82 Å². The lowest BCUT2D eigenvalue weighted by molar-refractivity contribution is -0.128. The van der Waals surface area contributed by atoms with E-state index in [0.717, 1.165) is 0 Å². The first-order chi connectivity index (χ1) is 17.4. The van der Waals surface area contributed by atoms with E-state index in [-0.39, 0.29) is 30.6 Å². The zero-order chi connectivity index (χ0) is 25.4. The topological polar surface area (TPSA) is 139 Å². The summed E-state index contributed by atoms with van der Waals surface area (Å²) in [7, 11) is 1.46. The lowest BCUT2D eigenvalue weighted by atomic mass is 10.1. The third-order valence-electron chi connectivity index (χ3n) is 6.38. The van der Waals surface area contributed by atoms with E-state index in [9.17, 15) is 14.4 Å². The van der Waals surface area contributed by atoms with E-state index < -0.39 is 11.7 Å². The lowest BCUT2D eigenvalue weighted by Crippen LogP contribution is -2.56. The predicted octanol–water partition coefficient (Wildman–Crippen LogP) is 1.90. The maximum absolute atomic E-state index is 13.4. The number of hydrogen-bond donors (Lipinski definition) is 2. The molecule has 36 heavy (non-hydrogen) atoms. The number of nitrogens with one attached hydrogen (secondary N) is 1. The second-order valence-electron chi connectivity index (χ2n) is 8.56. The van der Waals surface area contributed by atoms with Crippen LogP contribution in [-0.4, -0.2) is 79.9 Å². The number of nitrogens with zero attached hydrogens (tertiary/aromatic N) is 5. The SMILES string of the molecule is COc1cnc(-n2nccc2N)c2[nH]cc(C(=O)C(=O)N3CCN(C(=O)c4ccccc4)[C@H](C)C3)c12. The maximum Gasteiger partial charge on any atom is 0.295 e. The zero-order valence-electron chi connectivity index (χ0n) is 19.8. The molecule has 184 valence electrons. The minimum atomic E-state index is -0.680. The predicted molar refractivity (Wildman–Crippen MR) is 132 cm³/mol. The minimum absolute atomic E-state index is 0.0965. The van der Waals surface area contributed by atoms with Crippen LogP contribution >= 0.6 is 0 Å². The van der Waals surface area contributed by atoms with Gasteiger partial charge in [0.15, 0.2) is 5.82 Å². The Morgan fingerprint density at radius 2 is 1.92 bits per heavy atom. The van der Waals surface area contributed by atoms with Gasteiger partial charge >= 0.3 is 0 Å². The number of pyridine rings is 1. The number of ether oxygens (including phenoxy) is 1. The summed E-state index contributed by atoms with van der Waals surface area (Å²) in [5.41, 5.74) is 7.21. The normalized spacial score (nSPS) is 15.8. The van der Waals surface area contributed by atoms with Gasteiger partial charge in [0.2, 0.25) is 0 Å². The van der Waals surface area contributed by atoms with Crippen molar-refractivity contribution in [3.63, 3.8) is 0 Å². The maximum atomic E-state index is 13.4. The van der Waals surface area contributed by atoms with Gasteiger partial charge in [-0.25, -0.2) is 4.98 Å². The summed E-state index contributed by atoms with van der Waals surface area (Å²) in [4.78, 5) is 50.2. The summed E-state index contributed by atoms with van der Waals surface area (Å²) in [6.45, 7) is 2.70. The standard InChI is InChI=1S/C25H25N7O4/c1-15-14-30(10-11-31(15)24(34)16-6-4-3-5-7-16)25(35)22(33)17-12-27-21-20(17)18(36-2)13-28-23(21)32-19(26)8-9-29-32/h3-9,12-13,15,27H,10-11,14,26H2,1-2H3/t15-/m1/s1. The Morgan fingerprint density at radius 3 is 2.58 bits per heavy atom. The quantitative estimate of drug-likeness (QED) is 0.324. The molecular formula is C25H25N7O4. The van der Waals surface area contributed by atoms with Crippen LogP contribution in [0.3, 0.4) is 0 Å². The van der Waals surface area contributed by atoms with Gasteiger partial charge in [-0.2, -0.15) is 9.78 Å². The van der Waals surface area contributed by atoms with Gasteiger partial charge in [-0.3, -0.25) is 14.4 Å². The first-order valence-corrected chi connectivity index (χ1v) is 11.4. The molecule has 0 spiro atoms. The van der Waals surface area contributed by atoms with E-state index in [1.807, 2.05) is 25.1 Å². The number of H-pyrrole nitrogens is 1. The summed E-state index contributed by atoms with van der Waals surface area (Å²) in [5, 5.41) is 4.60. The molecule has 11 nitrogen and oxygen atoms in total. The number of nitrogen functional groups attached to an aromatic ring is 1. The van der Waals surface area contributed by atoms with Crippen molar-refractivity contribution in [2.24, 2.45) is 0 Å². The number of benzene rings is 1. The second kappa shape index (κ2) is 9.17. The molecule has 0 radical (unpaired) electrons. The van der Waals surface area contributed by atoms with Gasteiger partial charge in [-0.05, 0) is 19.1 Å². The third kappa shape index (κ3) is 3.84. The van der Waals surface area contributed by atoms with E-state index in [4.69, 9.17) is 10.5 Å². The number of aromatic nitrogens is 4. The van der Waals surface area contributed by atoms with E-state index in [1.165, 1.54) is 35.3 Å². The number of amides is 2. The zero-order valence-corrected chi connectivity index (χ0v) is 19.8. The molecule has 1 aliphatic rings. The molecule has 0 aliphatic carbocycles. The Morgan fingerprint density at radius 1 is 1.14 bits per heavy atom. The number of anilines is 1. The highest BCUT2D eigenvalue weighted by atomic mass is 16.5. The van der Waals surface area contributed by atoms with Crippen LogP contribution in [0.2, 0.25) is 0 Å². The monoisotopic (exact) mass is 487 g/mol. The van der Waals surface area contributed by atoms with E-state index in [1.54, 1.807) is 23.1 Å². The highest BCUT2D eigenvalue weighted by molar-refractivity contribution is 6.45. The number of hydrogen-bond acceptors (Lipinski definition) is 7. The number of methoxy groups -OCH3 is 1. The molecule has 3 N–H and O–H groups in total. The molecule has 1 atom stereocenters. The second-order valence-corrected chi connectivity index (χ2v) is 8.56. The lowest BCUT2D eigenvalue weighted by Gasteiger charge is -2.39. The summed E-state index contributed by atoms with van der Waals surface area (Å²) in [5.74, 6) is -0.344. The molecular weight excluding hydrogens is 462 g/mol. The average molecular weight is 488 g/mol. The molecule has 0 saturated carbocycles. The minimum Gasteiger partial charge on any atom is -0.494 e. The highest BCUT2D eigenvalue weighted by Gasteiger charge is 2.34. The summed E-state index contributed by atoms with van der Waals surface area (Å²) >= 11 is 0. The Balaban J connectivity index is 1.40. The van der Waals surface area contributed by atoms with Gasteiger partial charge in [0.25, 0.3) is 17.6 Å². The van der Waals surface area contributed by atoms with Crippen molar-refractivity contribution in [2.75, 3.05) is 32.5 Å². The van der Waals surface area contributed by atoms with Crippen molar-refractivity contribution in [1.82, 2.24) is 29.5 Å². The Kier molecular flexibility index (Phi) is 5.88. The molecule has 0 unspecified atom stereocenters. The van der Waals surface area contributed by atoms with Crippen LogP contribution in [0.5, 0.6) is 5.75 Å². The van der Waals surface area contributed by atoms with Crippen LogP contribution in [-0.2, 0) is 4.79 Å². The van der Waals surface area contributed by atoms with Gasteiger partial charge in [0, 0.05) is 43.5 Å². The van der Waals surface area contributed by atoms with Crippen LogP contribution in [0, 0.1) is 0 Å². The van der Waals surface area contributed by atoms with Gasteiger partial charge in [0.05, 0.1) is 36.0 Å². The molecule has 4 aromatic rings. The number of aromatic amines is 1. The number of nitrogens with two attached hydrogens (primary N) is 1. The van der Waals surface area contributed by atoms with Crippen LogP contribution < -0.4 is 10.5 Å². The van der Waals surface area contributed by atoms with E-state index in [2.05, 4.69) is 15.1 Å². The number of carbonyl (C=O) groups is 3. The third-order valence-corrected chi connectivity index (χ3v) is 6.38. The fourth-order valence-electron chi connectivity index (χ4n) is 4.54. The Hall–Kier alpha value is -4.67. The number of fused-ring (bicyclic) bond motifs is 1. The number of carbonyl (C=O) groups excluding carboxylic acids is 3. The molecule has 1 saturated heterocycles. The van der Waals surface area contributed by atoms with Gasteiger partial charge < -0.3 is 25.3 Å². The molecule has 5 rings (SSSR count). The Labute approximate surface area is 206 Å². The summed E-state index contributed by atoms with van der Waals surface area (Å²) in [6.07, 6.45) is 4.47. The van der Waals surface area contributed by atoms with Crippen LogP contribution in [0.25, 0.3) is 16.7 Å². The largest absolute Gasteiger partial charge is 0.494 e. The highest BCUT2D eigenvalue weighted by Crippen LogP contribution is 2.32. The molecule has 1 aromatic carbocycles. The molecule has 2 amide bonds. The first kappa shape index (κ1) is 23.1. The van der Waals surface area contributed by atoms with E-state index >= 15 is 0 Å². The summed E-state index contributed by atoms with van der Waals surface area (Å²) < 4.78 is 6.87. The summed E-state index contributed by atoms with van der Waals surface area (Å²) in [6, 6.07) is 10.4. The fourth-order valence-corrected chi connectivity index (χ4v) is 4.54. The molecule has 3 aromatic heterocycles. The first-order valence-electron chi connectivity index (χ1n) is 11.4.